The molecule has 116 valence electrons. The maximum atomic E-state index is 12.1. The molecule has 0 saturated carbocycles. The molecule has 2 aromatic rings. The highest BCUT2D eigenvalue weighted by Crippen LogP contribution is 2.18. The van der Waals surface area contributed by atoms with Gasteiger partial charge in [0.25, 0.3) is 0 Å². The van der Waals surface area contributed by atoms with Gasteiger partial charge in [-0.1, -0.05) is 29.8 Å². The summed E-state index contributed by atoms with van der Waals surface area (Å²) in [4.78, 5) is 12.1. The van der Waals surface area contributed by atoms with Gasteiger partial charge in [0, 0.05) is 16.9 Å². The van der Waals surface area contributed by atoms with Gasteiger partial charge in [-0.2, -0.15) is 0 Å². The molecular weight excluding hydrogens is 272 g/mol. The minimum absolute atomic E-state index is 0.000355. The monoisotopic (exact) mass is 296 g/mol. The molecule has 2 N–H and O–H groups in total. The minimum Gasteiger partial charge on any atom is -0.380 e. The average Bonchev–Trinajstić information content (AvgIpc) is 2.42. The Morgan fingerprint density at radius 2 is 1.45 bits per heavy atom. The molecule has 0 unspecified atom stereocenters. The van der Waals surface area contributed by atoms with Gasteiger partial charge in [0.05, 0.1) is 6.42 Å². The van der Waals surface area contributed by atoms with E-state index < -0.39 is 0 Å². The number of hydrogen-bond acceptors (Lipinski definition) is 2. The summed E-state index contributed by atoms with van der Waals surface area (Å²) in [7, 11) is 0. The molecule has 0 spiro atoms. The number of amides is 1. The molecule has 0 aliphatic rings. The van der Waals surface area contributed by atoms with Crippen molar-refractivity contribution >= 4 is 17.3 Å². The summed E-state index contributed by atoms with van der Waals surface area (Å²) in [5.41, 5.74) is 4.11. The second-order valence-corrected chi connectivity index (χ2v) is 6.66. The Morgan fingerprint density at radius 3 is 2.00 bits per heavy atom. The zero-order chi connectivity index (χ0) is 16.2. The Morgan fingerprint density at radius 1 is 0.909 bits per heavy atom. The highest BCUT2D eigenvalue weighted by Gasteiger charge is 2.09. The lowest BCUT2D eigenvalue weighted by molar-refractivity contribution is -0.115. The Hall–Kier alpha value is -2.29. The number of benzene rings is 2. The van der Waals surface area contributed by atoms with Gasteiger partial charge in [-0.3, -0.25) is 4.79 Å². The van der Waals surface area contributed by atoms with Crippen LogP contribution in [0.4, 0.5) is 11.4 Å². The van der Waals surface area contributed by atoms with Crippen LogP contribution in [0.5, 0.6) is 0 Å². The van der Waals surface area contributed by atoms with Crippen molar-refractivity contribution in [3.8, 4) is 0 Å². The highest BCUT2D eigenvalue weighted by atomic mass is 16.1. The molecule has 2 rings (SSSR count). The van der Waals surface area contributed by atoms with Gasteiger partial charge in [0.15, 0.2) is 0 Å². The Bertz CT molecular complexity index is 622. The topological polar surface area (TPSA) is 41.1 Å². The van der Waals surface area contributed by atoms with E-state index in [4.69, 9.17) is 0 Å². The summed E-state index contributed by atoms with van der Waals surface area (Å²) in [6, 6.07) is 15.8. The molecule has 0 aliphatic heterocycles. The number of aryl methyl sites for hydroxylation is 1. The van der Waals surface area contributed by atoms with Crippen molar-refractivity contribution in [1.29, 1.82) is 0 Å². The van der Waals surface area contributed by atoms with E-state index in [9.17, 15) is 4.79 Å². The lowest BCUT2D eigenvalue weighted by Crippen LogP contribution is -2.25. The quantitative estimate of drug-likeness (QED) is 0.878. The van der Waals surface area contributed by atoms with E-state index >= 15 is 0 Å². The Balaban J connectivity index is 1.93. The van der Waals surface area contributed by atoms with E-state index in [2.05, 4.69) is 31.4 Å². The molecule has 0 bridgehead atoms. The standard InChI is InChI=1S/C19H24N2O/c1-14-5-7-15(8-6-14)13-18(22)20-16-9-11-17(12-10-16)21-19(2,3)4/h5-12,21H,13H2,1-4H3,(H,20,22). The zero-order valence-electron chi connectivity index (χ0n) is 13.7. The van der Waals surface area contributed by atoms with E-state index in [1.807, 2.05) is 55.5 Å². The van der Waals surface area contributed by atoms with E-state index in [0.717, 1.165) is 16.9 Å². The van der Waals surface area contributed by atoms with E-state index in [1.165, 1.54) is 5.56 Å². The fourth-order valence-corrected chi connectivity index (χ4v) is 2.17. The third-order valence-corrected chi connectivity index (χ3v) is 3.17. The van der Waals surface area contributed by atoms with Crippen LogP contribution < -0.4 is 10.6 Å². The van der Waals surface area contributed by atoms with Crippen LogP contribution in [0.2, 0.25) is 0 Å². The maximum Gasteiger partial charge on any atom is 0.228 e. The van der Waals surface area contributed by atoms with Crippen LogP contribution in [0.1, 0.15) is 31.9 Å². The van der Waals surface area contributed by atoms with Crippen molar-refractivity contribution in [1.82, 2.24) is 0 Å². The van der Waals surface area contributed by atoms with Crippen LogP contribution in [0, 0.1) is 6.92 Å². The first-order valence-corrected chi connectivity index (χ1v) is 7.55. The number of hydrogen-bond donors (Lipinski definition) is 2. The smallest absolute Gasteiger partial charge is 0.228 e. The molecule has 0 aliphatic carbocycles. The number of rotatable bonds is 4. The van der Waals surface area contributed by atoms with Gasteiger partial charge in [-0.25, -0.2) is 0 Å². The summed E-state index contributed by atoms with van der Waals surface area (Å²) in [5.74, 6) is 0.000355. The lowest BCUT2D eigenvalue weighted by atomic mass is 10.1. The average molecular weight is 296 g/mol. The van der Waals surface area contributed by atoms with Crippen molar-refractivity contribution in [3.63, 3.8) is 0 Å². The molecule has 22 heavy (non-hydrogen) atoms. The van der Waals surface area contributed by atoms with Gasteiger partial charge in [-0.05, 0) is 57.5 Å². The van der Waals surface area contributed by atoms with Crippen LogP contribution in [0.25, 0.3) is 0 Å². The number of carbonyl (C=O) groups is 1. The molecule has 0 fully saturated rings. The predicted molar refractivity (Wildman–Crippen MR) is 93.3 cm³/mol. The van der Waals surface area contributed by atoms with Gasteiger partial charge in [-0.15, -0.1) is 0 Å². The lowest BCUT2D eigenvalue weighted by Gasteiger charge is -2.22. The molecule has 3 nitrogen and oxygen atoms in total. The van der Waals surface area contributed by atoms with Crippen LogP contribution >= 0.6 is 0 Å². The van der Waals surface area contributed by atoms with Crippen molar-refractivity contribution < 1.29 is 4.79 Å². The third kappa shape index (κ3) is 5.24. The highest BCUT2D eigenvalue weighted by molar-refractivity contribution is 5.92. The van der Waals surface area contributed by atoms with Gasteiger partial charge >= 0.3 is 0 Å². The minimum atomic E-state index is 0.000355. The summed E-state index contributed by atoms with van der Waals surface area (Å²) >= 11 is 0. The summed E-state index contributed by atoms with van der Waals surface area (Å²) in [6.45, 7) is 8.38. The summed E-state index contributed by atoms with van der Waals surface area (Å²) in [6.07, 6.45) is 0.391. The van der Waals surface area contributed by atoms with E-state index in [-0.39, 0.29) is 11.4 Å². The fraction of sp³-hybridized carbons (Fsp3) is 0.316. The van der Waals surface area contributed by atoms with Crippen molar-refractivity contribution in [2.45, 2.75) is 39.7 Å². The molecule has 3 heteroatoms. The Labute approximate surface area is 132 Å². The van der Waals surface area contributed by atoms with E-state index in [1.54, 1.807) is 0 Å². The predicted octanol–water partition coefficient (Wildman–Crippen LogP) is 4.39. The van der Waals surface area contributed by atoms with Crippen molar-refractivity contribution in [2.24, 2.45) is 0 Å². The summed E-state index contributed by atoms with van der Waals surface area (Å²) < 4.78 is 0. The fourth-order valence-electron chi connectivity index (χ4n) is 2.17. The molecule has 0 saturated heterocycles. The van der Waals surface area contributed by atoms with Gasteiger partial charge in [0.2, 0.25) is 5.91 Å². The number of nitrogens with one attached hydrogen (secondary N) is 2. The van der Waals surface area contributed by atoms with E-state index in [0.29, 0.717) is 6.42 Å². The molecule has 0 radical (unpaired) electrons. The van der Waals surface area contributed by atoms with Crippen LogP contribution in [0.3, 0.4) is 0 Å². The largest absolute Gasteiger partial charge is 0.380 e. The Kier molecular flexibility index (Phi) is 4.86. The molecule has 2 aromatic carbocycles. The second kappa shape index (κ2) is 6.65. The number of anilines is 2. The molecule has 0 aromatic heterocycles. The van der Waals surface area contributed by atoms with Gasteiger partial charge < -0.3 is 10.6 Å². The normalized spacial score (nSPS) is 11.1. The van der Waals surface area contributed by atoms with Crippen molar-refractivity contribution in [2.75, 3.05) is 10.6 Å². The first kappa shape index (κ1) is 16.1. The first-order valence-electron chi connectivity index (χ1n) is 7.55. The summed E-state index contributed by atoms with van der Waals surface area (Å²) in [5, 5.41) is 6.32. The molecule has 0 atom stereocenters. The molecule has 0 heterocycles. The molecular formula is C19H24N2O. The van der Waals surface area contributed by atoms with Crippen LogP contribution in [-0.2, 0) is 11.2 Å². The zero-order valence-corrected chi connectivity index (χ0v) is 13.7. The second-order valence-electron chi connectivity index (χ2n) is 6.66. The van der Waals surface area contributed by atoms with Crippen LogP contribution in [0.15, 0.2) is 48.5 Å². The van der Waals surface area contributed by atoms with Crippen LogP contribution in [-0.4, -0.2) is 11.4 Å². The molecule has 1 amide bonds. The number of carbonyl (C=O) groups excluding carboxylic acids is 1. The first-order chi connectivity index (χ1) is 10.3. The SMILES string of the molecule is Cc1ccc(CC(=O)Nc2ccc(NC(C)(C)C)cc2)cc1. The van der Waals surface area contributed by atoms with Crippen molar-refractivity contribution in [3.05, 3.63) is 59.7 Å². The van der Waals surface area contributed by atoms with Gasteiger partial charge in [0.1, 0.15) is 0 Å². The third-order valence-electron chi connectivity index (χ3n) is 3.17. The maximum absolute atomic E-state index is 12.1.